The molecule has 3 heteroatoms. The van der Waals surface area contributed by atoms with Crippen molar-refractivity contribution in [2.75, 3.05) is 9.80 Å². The van der Waals surface area contributed by atoms with Crippen LogP contribution < -0.4 is 26.2 Å². The number of fused-ring (bicyclic) bond motifs is 8. The SMILES string of the molecule is Cc1cc2c3c(c1)N(c1cc4c(cc1C)C(C)(C)CCC4(C)C)c1cc4c(cc1B3c1cc3c(cc1N2c1cc2c(cc1C)C(C)(C)CCC2(C)C)C(C)(C)CC3(C)C)C(C)(C)CC4(C)C. The Hall–Kier alpha value is -4.24. The molecular weight excluding hydrogens is 796 g/mol. The van der Waals surface area contributed by atoms with E-state index in [1.165, 1.54) is 137 Å². The zero-order valence-electron chi connectivity index (χ0n) is 44.5. The fourth-order valence-electron chi connectivity index (χ4n) is 15.5. The Morgan fingerprint density at radius 2 is 0.591 bits per heavy atom. The lowest BCUT2D eigenvalue weighted by atomic mass is 9.33. The van der Waals surface area contributed by atoms with E-state index in [0.29, 0.717) is 0 Å². The van der Waals surface area contributed by atoms with Crippen molar-refractivity contribution in [3.8, 4) is 0 Å². The number of hydrogen-bond acceptors (Lipinski definition) is 2. The van der Waals surface area contributed by atoms with Gasteiger partial charge in [-0.2, -0.15) is 0 Å². The van der Waals surface area contributed by atoms with Crippen molar-refractivity contribution in [2.45, 2.75) is 213 Å². The number of nitrogens with zero attached hydrogens (tertiary/aromatic N) is 2. The normalized spacial score (nSPS) is 23.0. The zero-order chi connectivity index (χ0) is 47.6. The molecule has 0 N–H and O–H groups in total. The van der Waals surface area contributed by atoms with Gasteiger partial charge in [0.25, 0.3) is 6.71 Å². The van der Waals surface area contributed by atoms with E-state index in [0.717, 1.165) is 12.8 Å². The lowest BCUT2D eigenvalue weighted by Crippen LogP contribution is -2.62. The first-order valence-electron chi connectivity index (χ1n) is 25.8. The van der Waals surface area contributed by atoms with Crippen LogP contribution in [0.5, 0.6) is 0 Å². The van der Waals surface area contributed by atoms with Crippen LogP contribution in [0, 0.1) is 20.8 Å². The number of hydrogen-bond donors (Lipinski definition) is 0. The number of benzene rings is 5. The van der Waals surface area contributed by atoms with E-state index in [1.54, 1.807) is 0 Å². The van der Waals surface area contributed by atoms with Crippen molar-refractivity contribution in [3.05, 3.63) is 122 Å². The first kappa shape index (κ1) is 44.3. The van der Waals surface area contributed by atoms with Gasteiger partial charge in [0.1, 0.15) is 0 Å². The topological polar surface area (TPSA) is 6.48 Å². The van der Waals surface area contributed by atoms with Gasteiger partial charge in [0.15, 0.2) is 0 Å². The van der Waals surface area contributed by atoms with E-state index in [-0.39, 0.29) is 50.0 Å². The quantitative estimate of drug-likeness (QED) is 0.160. The molecule has 0 aromatic heterocycles. The maximum absolute atomic E-state index is 2.77. The minimum absolute atomic E-state index is 0.0680. The molecule has 0 fully saturated rings. The molecule has 0 radical (unpaired) electrons. The Morgan fingerprint density at radius 3 is 0.924 bits per heavy atom. The standard InChI is InChI=1S/C63H79BN2/c1-36-24-53-55-54(25-36)66(50-31-44-40(27-38(50)3)57(6,7)21-23-59(44,10)11)52-33-46-42(61(14,15)35-63(46,18)19)29-48(52)64(55)47-28-41-45(62(16,17)34-60(41,12)13)32-51(47)65(53)49-30-43-39(26-37(49)2)56(4,5)20-22-58(43,8)9/h24-33H,20-23,34-35H2,1-19H3. The number of aryl methyl sites for hydroxylation is 3. The van der Waals surface area contributed by atoms with E-state index < -0.39 is 0 Å². The molecule has 5 aromatic carbocycles. The summed E-state index contributed by atoms with van der Waals surface area (Å²) in [6.45, 7) is 47.1. The Kier molecular flexibility index (Phi) is 8.78. The molecule has 5 aromatic rings. The second-order valence-corrected chi connectivity index (χ2v) is 28.0. The van der Waals surface area contributed by atoms with Gasteiger partial charge in [0.2, 0.25) is 0 Å². The van der Waals surface area contributed by atoms with Crippen molar-refractivity contribution < 1.29 is 0 Å². The van der Waals surface area contributed by atoms with Gasteiger partial charge in [0.05, 0.1) is 0 Å². The van der Waals surface area contributed by atoms with Crippen LogP contribution in [0.4, 0.5) is 34.1 Å². The van der Waals surface area contributed by atoms with Crippen LogP contribution in [0.3, 0.4) is 0 Å². The summed E-state index contributed by atoms with van der Waals surface area (Å²) in [5.74, 6) is 0. The van der Waals surface area contributed by atoms with Crippen molar-refractivity contribution in [1.82, 2.24) is 0 Å². The van der Waals surface area contributed by atoms with Gasteiger partial charge in [-0.1, -0.05) is 135 Å². The maximum Gasteiger partial charge on any atom is 0.252 e. The summed E-state index contributed by atoms with van der Waals surface area (Å²) in [5.41, 5.74) is 29.5. The van der Waals surface area contributed by atoms with Crippen LogP contribution in [-0.4, -0.2) is 6.71 Å². The van der Waals surface area contributed by atoms with E-state index >= 15 is 0 Å². The lowest BCUT2D eigenvalue weighted by molar-refractivity contribution is 0.332. The molecule has 0 spiro atoms. The van der Waals surface area contributed by atoms with Crippen molar-refractivity contribution in [1.29, 1.82) is 0 Å². The predicted octanol–water partition coefficient (Wildman–Crippen LogP) is 15.3. The fourth-order valence-corrected chi connectivity index (χ4v) is 15.5. The highest BCUT2D eigenvalue weighted by Crippen LogP contribution is 2.57. The smallest absolute Gasteiger partial charge is 0.252 e. The summed E-state index contributed by atoms with van der Waals surface area (Å²) < 4.78 is 0. The van der Waals surface area contributed by atoms with Crippen molar-refractivity contribution in [3.63, 3.8) is 0 Å². The monoisotopic (exact) mass is 875 g/mol. The number of rotatable bonds is 2. The third-order valence-electron chi connectivity index (χ3n) is 19.0. The van der Waals surface area contributed by atoms with Crippen LogP contribution in [0.1, 0.15) is 211 Å². The molecule has 66 heavy (non-hydrogen) atoms. The molecule has 0 saturated heterocycles. The third kappa shape index (κ3) is 5.98. The van der Waals surface area contributed by atoms with Crippen molar-refractivity contribution >= 4 is 57.2 Å². The van der Waals surface area contributed by atoms with Gasteiger partial charge in [-0.25, -0.2) is 0 Å². The van der Waals surface area contributed by atoms with Crippen molar-refractivity contribution in [2.24, 2.45) is 0 Å². The highest BCUT2D eigenvalue weighted by molar-refractivity contribution is 7.00. The minimum atomic E-state index is 0.0680. The predicted molar refractivity (Wildman–Crippen MR) is 287 cm³/mol. The zero-order valence-corrected chi connectivity index (χ0v) is 44.5. The van der Waals surface area contributed by atoms with Gasteiger partial charge in [0, 0.05) is 34.1 Å². The second kappa shape index (κ2) is 13.1. The Balaban J connectivity index is 1.28. The highest BCUT2D eigenvalue weighted by Gasteiger charge is 2.51. The molecule has 6 aliphatic rings. The number of anilines is 6. The van der Waals surface area contributed by atoms with Crippen LogP contribution >= 0.6 is 0 Å². The van der Waals surface area contributed by atoms with Gasteiger partial charge >= 0.3 is 0 Å². The minimum Gasteiger partial charge on any atom is -0.311 e. The summed E-state index contributed by atoms with van der Waals surface area (Å²) in [5, 5.41) is 0. The van der Waals surface area contributed by atoms with Gasteiger partial charge in [-0.05, 0) is 217 Å². The molecule has 0 unspecified atom stereocenters. The Morgan fingerprint density at radius 1 is 0.318 bits per heavy atom. The van der Waals surface area contributed by atoms with Crippen LogP contribution in [0.2, 0.25) is 0 Å². The summed E-state index contributed by atoms with van der Waals surface area (Å²) in [7, 11) is 0. The second-order valence-electron chi connectivity index (χ2n) is 28.0. The fraction of sp³-hybridized carbons (Fsp3) is 0.524. The molecule has 0 atom stereocenters. The Labute approximate surface area is 400 Å². The van der Waals surface area contributed by atoms with E-state index in [4.69, 9.17) is 0 Å². The van der Waals surface area contributed by atoms with E-state index in [9.17, 15) is 0 Å². The largest absolute Gasteiger partial charge is 0.311 e. The highest BCUT2D eigenvalue weighted by atomic mass is 15.2. The third-order valence-corrected chi connectivity index (χ3v) is 19.0. The first-order valence-corrected chi connectivity index (χ1v) is 25.8. The maximum atomic E-state index is 2.77. The molecular formula is C63H79BN2. The summed E-state index contributed by atoms with van der Waals surface area (Å²) in [4.78, 5) is 5.53. The van der Waals surface area contributed by atoms with Crippen LogP contribution in [0.15, 0.2) is 60.7 Å². The van der Waals surface area contributed by atoms with E-state index in [1.807, 2.05) is 0 Å². The van der Waals surface area contributed by atoms with Gasteiger partial charge < -0.3 is 9.80 Å². The first-order chi connectivity index (χ1) is 30.4. The molecule has 2 aliphatic heterocycles. The van der Waals surface area contributed by atoms with Gasteiger partial charge in [-0.15, -0.1) is 0 Å². The van der Waals surface area contributed by atoms with E-state index in [2.05, 4.69) is 202 Å². The molecule has 0 bridgehead atoms. The molecule has 4 aliphatic carbocycles. The van der Waals surface area contributed by atoms with Crippen LogP contribution in [0.25, 0.3) is 0 Å². The molecule has 0 saturated carbocycles. The molecule has 2 heterocycles. The molecule has 11 rings (SSSR count). The lowest BCUT2D eigenvalue weighted by Gasteiger charge is -2.47. The summed E-state index contributed by atoms with van der Waals surface area (Å²) >= 11 is 0. The Bertz CT molecular complexity index is 2780. The molecule has 0 amide bonds. The average Bonchev–Trinajstić information content (AvgIpc) is 3.50. The molecule has 344 valence electrons. The summed E-state index contributed by atoms with van der Waals surface area (Å²) in [6, 6.07) is 26.4. The average molecular weight is 875 g/mol. The van der Waals surface area contributed by atoms with Crippen LogP contribution in [-0.2, 0) is 43.3 Å². The summed E-state index contributed by atoms with van der Waals surface area (Å²) in [6.07, 6.45) is 7.11. The van der Waals surface area contributed by atoms with Gasteiger partial charge in [-0.3, -0.25) is 0 Å². The molecule has 2 nitrogen and oxygen atoms in total.